The zero-order chi connectivity index (χ0) is 23.2. The van der Waals surface area contributed by atoms with Gasteiger partial charge in [-0.1, -0.05) is 49.2 Å². The van der Waals surface area contributed by atoms with Gasteiger partial charge in [-0.15, -0.1) is 0 Å². The summed E-state index contributed by atoms with van der Waals surface area (Å²) in [6.45, 7) is 2.65. The average Bonchev–Trinajstić information content (AvgIpc) is 3.38. The normalized spacial score (nSPS) is 13.5. The number of rotatable bonds is 7. The van der Waals surface area contributed by atoms with Gasteiger partial charge in [-0.2, -0.15) is 5.26 Å². The fraction of sp³-hybridized carbons (Fsp3) is 0.286. The highest BCUT2D eigenvalue weighted by atomic mass is 16.5. The van der Waals surface area contributed by atoms with Gasteiger partial charge in [-0.3, -0.25) is 4.79 Å². The minimum atomic E-state index is -0.232. The van der Waals surface area contributed by atoms with Gasteiger partial charge >= 0.3 is 0 Å². The first-order valence-corrected chi connectivity index (χ1v) is 11.4. The predicted molar refractivity (Wildman–Crippen MR) is 130 cm³/mol. The lowest BCUT2D eigenvalue weighted by molar-refractivity contribution is 0.0951. The average molecular weight is 440 g/mol. The fourth-order valence-corrected chi connectivity index (χ4v) is 4.56. The van der Waals surface area contributed by atoms with Crippen LogP contribution in [0.5, 0.6) is 5.75 Å². The van der Waals surface area contributed by atoms with Gasteiger partial charge in [0.2, 0.25) is 0 Å². The molecule has 0 radical (unpaired) electrons. The van der Waals surface area contributed by atoms with Crippen LogP contribution < -0.4 is 15.8 Å². The third kappa shape index (κ3) is 5.18. The van der Waals surface area contributed by atoms with Crippen molar-refractivity contribution in [3.8, 4) is 11.8 Å². The molecule has 0 heterocycles. The first-order chi connectivity index (χ1) is 16.1. The third-order valence-corrected chi connectivity index (χ3v) is 6.46. The molecule has 3 N–H and O–H groups in total. The monoisotopic (exact) mass is 439 g/mol. The standard InChI is InChI=1S/C28H29N3O2/c1-19-24(22-9-5-6-10-22)12-13-25(27(19)30)28(32)31-17-23-15-21(16-29)11-14-26(23)33-18-20-7-3-2-4-8-20/h2-4,7-8,11-15,22H,5-6,9-10,17-18,30H2,1H3,(H,31,32). The second kappa shape index (κ2) is 10.2. The molecule has 0 spiro atoms. The molecule has 1 aliphatic rings. The minimum Gasteiger partial charge on any atom is -0.489 e. The number of ether oxygens (including phenoxy) is 1. The van der Waals surface area contributed by atoms with E-state index >= 15 is 0 Å². The van der Waals surface area contributed by atoms with E-state index < -0.39 is 0 Å². The van der Waals surface area contributed by atoms with Crippen molar-refractivity contribution in [1.82, 2.24) is 5.32 Å². The number of amides is 1. The van der Waals surface area contributed by atoms with E-state index in [0.717, 1.165) is 16.7 Å². The van der Waals surface area contributed by atoms with E-state index in [1.807, 2.05) is 43.3 Å². The van der Waals surface area contributed by atoms with Crippen LogP contribution >= 0.6 is 0 Å². The molecule has 0 bridgehead atoms. The molecule has 3 aromatic carbocycles. The summed E-state index contributed by atoms with van der Waals surface area (Å²) in [5, 5.41) is 12.3. The van der Waals surface area contributed by atoms with E-state index in [9.17, 15) is 10.1 Å². The Kier molecular flexibility index (Phi) is 6.95. The summed E-state index contributed by atoms with van der Waals surface area (Å²) >= 11 is 0. The Morgan fingerprint density at radius 3 is 2.61 bits per heavy atom. The smallest absolute Gasteiger partial charge is 0.253 e. The van der Waals surface area contributed by atoms with E-state index in [1.165, 1.54) is 31.2 Å². The maximum Gasteiger partial charge on any atom is 0.253 e. The van der Waals surface area contributed by atoms with Gasteiger partial charge < -0.3 is 15.8 Å². The van der Waals surface area contributed by atoms with Gasteiger partial charge in [0.1, 0.15) is 12.4 Å². The van der Waals surface area contributed by atoms with Crippen molar-refractivity contribution in [3.05, 3.63) is 94.0 Å². The predicted octanol–water partition coefficient (Wildman–Crippen LogP) is 5.62. The van der Waals surface area contributed by atoms with Crippen molar-refractivity contribution in [2.24, 2.45) is 0 Å². The summed E-state index contributed by atoms with van der Waals surface area (Å²) in [4.78, 5) is 13.0. The van der Waals surface area contributed by atoms with E-state index in [1.54, 1.807) is 18.2 Å². The van der Waals surface area contributed by atoms with E-state index in [2.05, 4.69) is 17.5 Å². The Balaban J connectivity index is 1.48. The maximum atomic E-state index is 13.0. The summed E-state index contributed by atoms with van der Waals surface area (Å²) in [5.41, 5.74) is 12.0. The zero-order valence-electron chi connectivity index (χ0n) is 18.9. The molecule has 33 heavy (non-hydrogen) atoms. The molecule has 0 unspecified atom stereocenters. The number of nitrogen functional groups attached to an aromatic ring is 1. The largest absolute Gasteiger partial charge is 0.489 e. The van der Waals surface area contributed by atoms with E-state index in [-0.39, 0.29) is 12.5 Å². The number of benzene rings is 3. The molecule has 0 aliphatic heterocycles. The molecular formula is C28H29N3O2. The molecule has 1 aliphatic carbocycles. The Bertz CT molecular complexity index is 1180. The number of carbonyl (C=O) groups is 1. The molecule has 5 nitrogen and oxygen atoms in total. The van der Waals surface area contributed by atoms with Crippen LogP contribution in [-0.2, 0) is 13.2 Å². The van der Waals surface area contributed by atoms with Crippen LogP contribution in [0.2, 0.25) is 0 Å². The number of nitrogens with one attached hydrogen (secondary N) is 1. The number of nitrogens with two attached hydrogens (primary N) is 1. The van der Waals surface area contributed by atoms with Crippen molar-refractivity contribution < 1.29 is 9.53 Å². The summed E-state index contributed by atoms with van der Waals surface area (Å²) < 4.78 is 5.99. The van der Waals surface area contributed by atoms with Crippen molar-refractivity contribution in [2.75, 3.05) is 5.73 Å². The van der Waals surface area contributed by atoms with Crippen molar-refractivity contribution >= 4 is 11.6 Å². The summed E-state index contributed by atoms with van der Waals surface area (Å²) in [5.74, 6) is 0.950. The number of carbonyl (C=O) groups excluding carboxylic acids is 1. The van der Waals surface area contributed by atoms with E-state index in [0.29, 0.717) is 35.1 Å². The fourth-order valence-electron chi connectivity index (χ4n) is 4.56. The van der Waals surface area contributed by atoms with Gasteiger partial charge in [0.05, 0.1) is 17.2 Å². The lowest BCUT2D eigenvalue weighted by Crippen LogP contribution is -2.24. The highest BCUT2D eigenvalue weighted by molar-refractivity contribution is 6.00. The first-order valence-electron chi connectivity index (χ1n) is 11.4. The number of nitriles is 1. The minimum absolute atomic E-state index is 0.232. The molecule has 0 saturated heterocycles. The maximum absolute atomic E-state index is 13.0. The summed E-state index contributed by atoms with van der Waals surface area (Å²) in [6.07, 6.45) is 4.88. The Morgan fingerprint density at radius 1 is 1.12 bits per heavy atom. The molecular weight excluding hydrogens is 410 g/mol. The second-order valence-electron chi connectivity index (χ2n) is 8.61. The highest BCUT2D eigenvalue weighted by Gasteiger charge is 2.22. The summed E-state index contributed by atoms with van der Waals surface area (Å²) in [6, 6.07) is 21.1. The number of anilines is 1. The Morgan fingerprint density at radius 2 is 1.88 bits per heavy atom. The number of hydrogen-bond acceptors (Lipinski definition) is 4. The van der Waals surface area contributed by atoms with Crippen LogP contribution in [0, 0.1) is 18.3 Å². The quantitative estimate of drug-likeness (QED) is 0.468. The van der Waals surface area contributed by atoms with Crippen LogP contribution in [0.1, 0.15) is 69.8 Å². The molecule has 5 heteroatoms. The third-order valence-electron chi connectivity index (χ3n) is 6.46. The van der Waals surface area contributed by atoms with Gasteiger partial charge in [0.15, 0.2) is 0 Å². The Hall–Kier alpha value is -3.78. The SMILES string of the molecule is Cc1c(C2CCCC2)ccc(C(=O)NCc2cc(C#N)ccc2OCc2ccccc2)c1N. The lowest BCUT2D eigenvalue weighted by Gasteiger charge is -2.18. The second-order valence-corrected chi connectivity index (χ2v) is 8.61. The van der Waals surface area contributed by atoms with Crippen LogP contribution in [0.4, 0.5) is 5.69 Å². The van der Waals surface area contributed by atoms with Gasteiger partial charge in [0, 0.05) is 17.8 Å². The zero-order valence-corrected chi connectivity index (χ0v) is 18.9. The molecule has 3 aromatic rings. The van der Waals surface area contributed by atoms with Crippen LogP contribution in [0.25, 0.3) is 0 Å². The summed E-state index contributed by atoms with van der Waals surface area (Å²) in [7, 11) is 0. The van der Waals surface area contributed by atoms with Crippen LogP contribution in [0.3, 0.4) is 0 Å². The number of nitrogens with zero attached hydrogens (tertiary/aromatic N) is 1. The first kappa shape index (κ1) is 22.4. The molecule has 0 aromatic heterocycles. The van der Waals surface area contributed by atoms with Crippen molar-refractivity contribution in [3.63, 3.8) is 0 Å². The molecule has 0 atom stereocenters. The molecule has 168 valence electrons. The number of hydrogen-bond donors (Lipinski definition) is 2. The van der Waals surface area contributed by atoms with Crippen LogP contribution in [-0.4, -0.2) is 5.91 Å². The Labute approximate surface area is 195 Å². The topological polar surface area (TPSA) is 88.1 Å². The van der Waals surface area contributed by atoms with E-state index in [4.69, 9.17) is 10.5 Å². The van der Waals surface area contributed by atoms with Gasteiger partial charge in [-0.25, -0.2) is 0 Å². The molecule has 4 rings (SSSR count). The highest BCUT2D eigenvalue weighted by Crippen LogP contribution is 2.37. The molecule has 1 amide bonds. The molecule has 1 fully saturated rings. The molecule has 1 saturated carbocycles. The van der Waals surface area contributed by atoms with Crippen LogP contribution in [0.15, 0.2) is 60.7 Å². The lowest BCUT2D eigenvalue weighted by atomic mass is 9.90. The van der Waals surface area contributed by atoms with Crippen molar-refractivity contribution in [2.45, 2.75) is 51.7 Å². The van der Waals surface area contributed by atoms with Crippen molar-refractivity contribution in [1.29, 1.82) is 5.26 Å². The van der Waals surface area contributed by atoms with Gasteiger partial charge in [0.25, 0.3) is 5.91 Å². The van der Waals surface area contributed by atoms with Gasteiger partial charge in [-0.05, 0) is 66.6 Å².